The molecule has 0 amide bonds. The largest absolute Gasteiger partial charge is 0.507 e. The number of phenols is 1. The first kappa shape index (κ1) is 36.4. The van der Waals surface area contributed by atoms with E-state index in [1.165, 1.54) is 101 Å². The number of carbonyl (C=O) groups is 1. The summed E-state index contributed by atoms with van der Waals surface area (Å²) in [6.07, 6.45) is 20.0. The number of aliphatic hydroxyl groups is 1. The summed E-state index contributed by atoms with van der Waals surface area (Å²) < 4.78 is 37.8. The van der Waals surface area contributed by atoms with Gasteiger partial charge in [0.05, 0.1) is 11.5 Å². The second-order valence-corrected chi connectivity index (χ2v) is 13.3. The average Bonchev–Trinajstić information content (AvgIpc) is 3.00. The van der Waals surface area contributed by atoms with Crippen LogP contribution in [-0.2, 0) is 9.84 Å². The maximum Gasteiger partial charge on any atom is 0.339 e. The zero-order valence-corrected chi connectivity index (χ0v) is 26.7. The van der Waals surface area contributed by atoms with Crippen molar-refractivity contribution in [2.24, 2.45) is 0 Å². The van der Waals surface area contributed by atoms with Crippen molar-refractivity contribution in [1.82, 2.24) is 0 Å². The molecule has 3 N–H and O–H groups in total. The SMILES string of the molecule is CCC(Oc1ccc(O)c(C(=O)O)c1)S(=O)(=O)c1ccc(OCCCCCCCCCCCCCCCCCCO)cc1. The first-order chi connectivity index (χ1) is 20.8. The zero-order chi connectivity index (χ0) is 31.3. The normalized spacial score (nSPS) is 12.2. The molecule has 0 bridgehead atoms. The van der Waals surface area contributed by atoms with E-state index < -0.39 is 27.0 Å². The van der Waals surface area contributed by atoms with Crippen molar-refractivity contribution in [3.8, 4) is 17.2 Å². The van der Waals surface area contributed by atoms with E-state index in [1.807, 2.05) is 0 Å². The summed E-state index contributed by atoms with van der Waals surface area (Å²) in [5.74, 6) is -1.09. The number of hydrogen-bond donors (Lipinski definition) is 3. The number of sulfone groups is 1. The second kappa shape index (κ2) is 21.0. The van der Waals surface area contributed by atoms with Crippen LogP contribution in [-0.4, -0.2) is 48.4 Å². The van der Waals surface area contributed by atoms with Gasteiger partial charge < -0.3 is 24.8 Å². The monoisotopic (exact) mass is 620 g/mol. The van der Waals surface area contributed by atoms with E-state index in [9.17, 15) is 23.4 Å². The van der Waals surface area contributed by atoms with Gasteiger partial charge in [-0.3, -0.25) is 0 Å². The fourth-order valence-corrected chi connectivity index (χ4v) is 6.53. The van der Waals surface area contributed by atoms with Gasteiger partial charge in [0.1, 0.15) is 22.8 Å². The Labute approximate surface area is 258 Å². The predicted molar refractivity (Wildman–Crippen MR) is 170 cm³/mol. The summed E-state index contributed by atoms with van der Waals surface area (Å²) in [4.78, 5) is 11.4. The molecule has 2 rings (SSSR count). The Balaban J connectivity index is 1.58. The quantitative estimate of drug-likeness (QED) is 0.0945. The summed E-state index contributed by atoms with van der Waals surface area (Å²) >= 11 is 0. The molecule has 0 heterocycles. The summed E-state index contributed by atoms with van der Waals surface area (Å²) in [5, 5.41) is 27.7. The third-order valence-corrected chi connectivity index (χ3v) is 9.67. The minimum absolute atomic E-state index is 0.0501. The van der Waals surface area contributed by atoms with Gasteiger partial charge >= 0.3 is 5.97 Å². The van der Waals surface area contributed by atoms with E-state index in [0.29, 0.717) is 19.0 Å². The highest BCUT2D eigenvalue weighted by Crippen LogP contribution is 2.28. The lowest BCUT2D eigenvalue weighted by atomic mass is 10.0. The van der Waals surface area contributed by atoms with Crippen LogP contribution in [0, 0.1) is 0 Å². The van der Waals surface area contributed by atoms with E-state index in [4.69, 9.17) is 14.6 Å². The van der Waals surface area contributed by atoms with Crippen molar-refractivity contribution < 1.29 is 38.0 Å². The van der Waals surface area contributed by atoms with Crippen LogP contribution >= 0.6 is 0 Å². The summed E-state index contributed by atoms with van der Waals surface area (Å²) in [7, 11) is -3.86. The number of hydrogen-bond acceptors (Lipinski definition) is 7. The highest BCUT2D eigenvalue weighted by Gasteiger charge is 2.28. The van der Waals surface area contributed by atoms with Crippen molar-refractivity contribution in [1.29, 1.82) is 0 Å². The van der Waals surface area contributed by atoms with Crippen molar-refractivity contribution in [3.63, 3.8) is 0 Å². The number of rotatable bonds is 25. The maximum absolute atomic E-state index is 13.2. The van der Waals surface area contributed by atoms with Gasteiger partial charge in [-0.1, -0.05) is 96.8 Å². The zero-order valence-electron chi connectivity index (χ0n) is 25.8. The second-order valence-electron chi connectivity index (χ2n) is 11.2. The molecular formula is C34H52O8S. The van der Waals surface area contributed by atoms with Crippen molar-refractivity contribution in [2.45, 2.75) is 126 Å². The van der Waals surface area contributed by atoms with E-state index in [1.54, 1.807) is 19.1 Å². The molecule has 2 aromatic rings. The first-order valence-electron chi connectivity index (χ1n) is 16.1. The number of carboxylic acid groups (broad SMARTS) is 1. The van der Waals surface area contributed by atoms with Gasteiger partial charge in [-0.2, -0.15) is 0 Å². The fourth-order valence-electron chi connectivity index (χ4n) is 5.03. The molecule has 0 radical (unpaired) electrons. The summed E-state index contributed by atoms with van der Waals surface area (Å²) in [5.41, 5.74) is -1.57. The third-order valence-electron chi connectivity index (χ3n) is 7.62. The lowest BCUT2D eigenvalue weighted by molar-refractivity contribution is 0.0693. The Morgan fingerprint density at radius 3 is 1.65 bits per heavy atom. The van der Waals surface area contributed by atoms with Gasteiger partial charge in [-0.15, -0.1) is 0 Å². The predicted octanol–water partition coefficient (Wildman–Crippen LogP) is 8.29. The van der Waals surface area contributed by atoms with Crippen LogP contribution in [0.1, 0.15) is 126 Å². The molecule has 1 unspecified atom stereocenters. The van der Waals surface area contributed by atoms with Crippen molar-refractivity contribution in [2.75, 3.05) is 13.2 Å². The molecule has 9 heteroatoms. The van der Waals surface area contributed by atoms with Crippen LogP contribution in [0.5, 0.6) is 17.2 Å². The molecule has 242 valence electrons. The van der Waals surface area contributed by atoms with E-state index in [-0.39, 0.29) is 22.6 Å². The smallest absolute Gasteiger partial charge is 0.339 e. The summed E-state index contributed by atoms with van der Waals surface area (Å²) in [6.45, 7) is 2.58. The number of unbranched alkanes of at least 4 members (excludes halogenated alkanes) is 15. The maximum atomic E-state index is 13.2. The molecule has 43 heavy (non-hydrogen) atoms. The lowest BCUT2D eigenvalue weighted by Crippen LogP contribution is -2.27. The fraction of sp³-hybridized carbons (Fsp3) is 0.618. The lowest BCUT2D eigenvalue weighted by Gasteiger charge is -2.19. The van der Waals surface area contributed by atoms with Crippen molar-refractivity contribution in [3.05, 3.63) is 48.0 Å². The molecule has 0 aliphatic rings. The average molecular weight is 621 g/mol. The molecule has 0 fully saturated rings. The van der Waals surface area contributed by atoms with E-state index in [0.717, 1.165) is 31.7 Å². The van der Waals surface area contributed by atoms with Crippen LogP contribution in [0.2, 0.25) is 0 Å². The van der Waals surface area contributed by atoms with Gasteiger partial charge in [-0.05, 0) is 61.7 Å². The molecule has 0 saturated carbocycles. The molecule has 2 aromatic carbocycles. The molecule has 1 atom stereocenters. The van der Waals surface area contributed by atoms with Crippen molar-refractivity contribution >= 4 is 15.8 Å². The number of aromatic carboxylic acids is 1. The number of aromatic hydroxyl groups is 1. The molecular weight excluding hydrogens is 568 g/mol. The highest BCUT2D eigenvalue weighted by atomic mass is 32.2. The standard InChI is InChI=1S/C34H52O8S/c1-2-33(42-29-21-24-32(36)31(27-29)34(37)38)43(39,40)30-22-19-28(20-23-30)41-26-18-16-14-12-10-8-6-4-3-5-7-9-11-13-15-17-25-35/h19-24,27,33,35-36H,2-18,25-26H2,1H3,(H,37,38). The number of carboxylic acids is 1. The van der Waals surface area contributed by atoms with E-state index in [2.05, 4.69) is 0 Å². The molecule has 0 aliphatic carbocycles. The third kappa shape index (κ3) is 14.0. The number of aliphatic hydroxyl groups excluding tert-OH is 1. The van der Waals surface area contributed by atoms with Crippen LogP contribution in [0.4, 0.5) is 0 Å². The highest BCUT2D eigenvalue weighted by molar-refractivity contribution is 7.92. The topological polar surface area (TPSA) is 130 Å². The minimum Gasteiger partial charge on any atom is -0.507 e. The van der Waals surface area contributed by atoms with E-state index >= 15 is 0 Å². The van der Waals surface area contributed by atoms with Crippen LogP contribution in [0.3, 0.4) is 0 Å². The Kier molecular flexibility index (Phi) is 17.8. The molecule has 8 nitrogen and oxygen atoms in total. The molecule has 0 aliphatic heterocycles. The van der Waals surface area contributed by atoms with Crippen LogP contribution < -0.4 is 9.47 Å². The Morgan fingerprint density at radius 1 is 0.721 bits per heavy atom. The number of ether oxygens (including phenoxy) is 2. The first-order valence-corrected chi connectivity index (χ1v) is 17.6. The summed E-state index contributed by atoms with van der Waals surface area (Å²) in [6, 6.07) is 9.89. The van der Waals surface area contributed by atoms with Gasteiger partial charge in [0, 0.05) is 6.61 Å². The molecule has 0 spiro atoms. The van der Waals surface area contributed by atoms with Crippen LogP contribution in [0.25, 0.3) is 0 Å². The van der Waals surface area contributed by atoms with Gasteiger partial charge in [0.25, 0.3) is 0 Å². The Hall–Kier alpha value is -2.78. The number of benzene rings is 2. The Morgan fingerprint density at radius 2 is 1.19 bits per heavy atom. The molecule has 0 aromatic heterocycles. The van der Waals surface area contributed by atoms with Gasteiger partial charge in [0.15, 0.2) is 0 Å². The molecule has 0 saturated heterocycles. The van der Waals surface area contributed by atoms with Crippen LogP contribution in [0.15, 0.2) is 47.4 Å². The Bertz CT molecular complexity index is 1150. The van der Waals surface area contributed by atoms with Gasteiger partial charge in [-0.25, -0.2) is 13.2 Å². The van der Waals surface area contributed by atoms with Gasteiger partial charge in [0.2, 0.25) is 15.3 Å². The minimum atomic E-state index is -3.86.